The van der Waals surface area contributed by atoms with E-state index in [0.29, 0.717) is 0 Å². The van der Waals surface area contributed by atoms with Gasteiger partial charge in [0.05, 0.1) is 5.69 Å². The van der Waals surface area contributed by atoms with E-state index in [1.165, 1.54) is 5.56 Å². The SMILES string of the molecule is CCCNCc1ccnc(C(C)(C)c2ccccc2)n1. The molecule has 0 saturated carbocycles. The van der Waals surface area contributed by atoms with E-state index in [1.807, 2.05) is 18.3 Å². The Morgan fingerprint density at radius 2 is 1.85 bits per heavy atom. The molecule has 1 aromatic heterocycles. The summed E-state index contributed by atoms with van der Waals surface area (Å²) in [6.07, 6.45) is 2.99. The van der Waals surface area contributed by atoms with Gasteiger partial charge in [0.2, 0.25) is 0 Å². The Labute approximate surface area is 121 Å². The molecule has 3 nitrogen and oxygen atoms in total. The second-order valence-corrected chi connectivity index (χ2v) is 5.54. The Kier molecular flexibility index (Phi) is 4.85. The van der Waals surface area contributed by atoms with Crippen LogP contribution < -0.4 is 5.32 Å². The smallest absolute Gasteiger partial charge is 0.138 e. The maximum Gasteiger partial charge on any atom is 0.138 e. The van der Waals surface area contributed by atoms with Crippen LogP contribution in [0.3, 0.4) is 0 Å². The second kappa shape index (κ2) is 6.62. The third-order valence-electron chi connectivity index (χ3n) is 3.50. The molecule has 0 aliphatic heterocycles. The van der Waals surface area contributed by atoms with Gasteiger partial charge in [-0.2, -0.15) is 0 Å². The van der Waals surface area contributed by atoms with Crippen LogP contribution in [0.5, 0.6) is 0 Å². The summed E-state index contributed by atoms with van der Waals surface area (Å²) in [5, 5.41) is 3.38. The van der Waals surface area contributed by atoms with E-state index in [0.717, 1.165) is 31.0 Å². The van der Waals surface area contributed by atoms with E-state index in [9.17, 15) is 0 Å². The Bertz CT molecular complexity index is 535. The summed E-state index contributed by atoms with van der Waals surface area (Å²) in [6.45, 7) is 8.31. The van der Waals surface area contributed by atoms with Crippen molar-refractivity contribution in [2.24, 2.45) is 0 Å². The fourth-order valence-electron chi connectivity index (χ4n) is 2.17. The van der Waals surface area contributed by atoms with Crippen molar-refractivity contribution in [3.05, 3.63) is 59.7 Å². The fourth-order valence-corrected chi connectivity index (χ4v) is 2.17. The minimum Gasteiger partial charge on any atom is -0.311 e. The van der Waals surface area contributed by atoms with Crippen LogP contribution in [0, 0.1) is 0 Å². The zero-order valence-electron chi connectivity index (χ0n) is 12.6. The molecule has 0 unspecified atom stereocenters. The molecule has 106 valence electrons. The number of aromatic nitrogens is 2. The monoisotopic (exact) mass is 269 g/mol. The van der Waals surface area contributed by atoms with Crippen molar-refractivity contribution in [1.29, 1.82) is 0 Å². The molecule has 3 heteroatoms. The van der Waals surface area contributed by atoms with Crippen LogP contribution in [0.15, 0.2) is 42.6 Å². The maximum atomic E-state index is 4.72. The summed E-state index contributed by atoms with van der Waals surface area (Å²) < 4.78 is 0. The first kappa shape index (κ1) is 14.7. The van der Waals surface area contributed by atoms with Crippen LogP contribution in [0.4, 0.5) is 0 Å². The van der Waals surface area contributed by atoms with Gasteiger partial charge in [0, 0.05) is 18.2 Å². The fraction of sp³-hybridized carbons (Fsp3) is 0.412. The van der Waals surface area contributed by atoms with Crippen LogP contribution >= 0.6 is 0 Å². The van der Waals surface area contributed by atoms with Gasteiger partial charge in [-0.05, 0) is 38.4 Å². The van der Waals surface area contributed by atoms with E-state index >= 15 is 0 Å². The molecular weight excluding hydrogens is 246 g/mol. The van der Waals surface area contributed by atoms with Gasteiger partial charge in [-0.25, -0.2) is 9.97 Å². The summed E-state index contributed by atoms with van der Waals surface area (Å²) >= 11 is 0. The zero-order chi connectivity index (χ0) is 14.4. The molecular formula is C17H23N3. The van der Waals surface area contributed by atoms with Crippen molar-refractivity contribution in [3.63, 3.8) is 0 Å². The largest absolute Gasteiger partial charge is 0.311 e. The lowest BCUT2D eigenvalue weighted by Crippen LogP contribution is -2.24. The molecule has 1 aromatic carbocycles. The first-order valence-electron chi connectivity index (χ1n) is 7.23. The second-order valence-electron chi connectivity index (χ2n) is 5.54. The van der Waals surface area contributed by atoms with Gasteiger partial charge in [-0.3, -0.25) is 0 Å². The molecule has 0 radical (unpaired) electrons. The van der Waals surface area contributed by atoms with Gasteiger partial charge in [0.15, 0.2) is 0 Å². The topological polar surface area (TPSA) is 37.8 Å². The summed E-state index contributed by atoms with van der Waals surface area (Å²) in [5.74, 6) is 0.875. The van der Waals surface area contributed by atoms with Crippen LogP contribution in [0.1, 0.15) is 44.3 Å². The van der Waals surface area contributed by atoms with E-state index in [-0.39, 0.29) is 5.41 Å². The van der Waals surface area contributed by atoms with Crippen LogP contribution in [-0.4, -0.2) is 16.5 Å². The first-order chi connectivity index (χ1) is 9.64. The highest BCUT2D eigenvalue weighted by atomic mass is 14.9. The third kappa shape index (κ3) is 3.42. The average molecular weight is 269 g/mol. The van der Waals surface area contributed by atoms with Gasteiger partial charge in [-0.15, -0.1) is 0 Å². The number of hydrogen-bond donors (Lipinski definition) is 1. The molecule has 0 atom stereocenters. The number of benzene rings is 1. The van der Waals surface area contributed by atoms with E-state index in [2.05, 4.69) is 55.3 Å². The van der Waals surface area contributed by atoms with Crippen molar-refractivity contribution in [2.75, 3.05) is 6.54 Å². The van der Waals surface area contributed by atoms with Crippen molar-refractivity contribution in [3.8, 4) is 0 Å². The predicted octanol–water partition coefficient (Wildman–Crippen LogP) is 3.30. The van der Waals surface area contributed by atoms with Crippen LogP contribution in [-0.2, 0) is 12.0 Å². The first-order valence-corrected chi connectivity index (χ1v) is 7.23. The Morgan fingerprint density at radius 1 is 1.10 bits per heavy atom. The lowest BCUT2D eigenvalue weighted by Gasteiger charge is -2.24. The van der Waals surface area contributed by atoms with Gasteiger partial charge in [-0.1, -0.05) is 37.3 Å². The van der Waals surface area contributed by atoms with Crippen molar-refractivity contribution < 1.29 is 0 Å². The number of rotatable bonds is 6. The molecule has 1 N–H and O–H groups in total. The van der Waals surface area contributed by atoms with Crippen LogP contribution in [0.2, 0.25) is 0 Å². The van der Waals surface area contributed by atoms with E-state index < -0.39 is 0 Å². The lowest BCUT2D eigenvalue weighted by atomic mass is 9.84. The molecule has 0 spiro atoms. The number of nitrogens with one attached hydrogen (secondary N) is 1. The summed E-state index contributed by atoms with van der Waals surface area (Å²) in [7, 11) is 0. The highest BCUT2D eigenvalue weighted by Gasteiger charge is 2.26. The van der Waals surface area contributed by atoms with Gasteiger partial charge < -0.3 is 5.32 Å². The minimum absolute atomic E-state index is 0.179. The van der Waals surface area contributed by atoms with Crippen molar-refractivity contribution >= 4 is 0 Å². The normalized spacial score (nSPS) is 11.6. The zero-order valence-corrected chi connectivity index (χ0v) is 12.6. The van der Waals surface area contributed by atoms with Gasteiger partial charge >= 0.3 is 0 Å². The third-order valence-corrected chi connectivity index (χ3v) is 3.50. The van der Waals surface area contributed by atoms with Crippen LogP contribution in [0.25, 0.3) is 0 Å². The standard InChI is InChI=1S/C17H23N3/c1-4-11-18-13-15-10-12-19-16(20-15)17(2,3)14-8-6-5-7-9-14/h5-10,12,18H,4,11,13H2,1-3H3. The summed E-state index contributed by atoms with van der Waals surface area (Å²) in [6, 6.07) is 12.4. The summed E-state index contributed by atoms with van der Waals surface area (Å²) in [5.41, 5.74) is 2.10. The highest BCUT2D eigenvalue weighted by molar-refractivity contribution is 5.30. The lowest BCUT2D eigenvalue weighted by molar-refractivity contribution is 0.577. The molecule has 0 aliphatic carbocycles. The van der Waals surface area contributed by atoms with Crippen molar-refractivity contribution in [2.45, 2.75) is 39.2 Å². The Morgan fingerprint density at radius 3 is 2.55 bits per heavy atom. The molecule has 0 aliphatic rings. The quantitative estimate of drug-likeness (QED) is 0.818. The molecule has 2 rings (SSSR count). The molecule has 20 heavy (non-hydrogen) atoms. The van der Waals surface area contributed by atoms with E-state index in [1.54, 1.807) is 0 Å². The van der Waals surface area contributed by atoms with E-state index in [4.69, 9.17) is 4.98 Å². The summed E-state index contributed by atoms with van der Waals surface area (Å²) in [4.78, 5) is 9.20. The minimum atomic E-state index is -0.179. The molecule has 0 bridgehead atoms. The van der Waals surface area contributed by atoms with Crippen molar-refractivity contribution in [1.82, 2.24) is 15.3 Å². The highest BCUT2D eigenvalue weighted by Crippen LogP contribution is 2.28. The molecule has 0 amide bonds. The van der Waals surface area contributed by atoms with Gasteiger partial charge in [0.1, 0.15) is 5.82 Å². The molecule has 1 heterocycles. The maximum absolute atomic E-state index is 4.72. The Hall–Kier alpha value is -1.74. The number of hydrogen-bond acceptors (Lipinski definition) is 3. The predicted molar refractivity (Wildman–Crippen MR) is 82.6 cm³/mol. The molecule has 0 fully saturated rings. The van der Waals surface area contributed by atoms with Gasteiger partial charge in [0.25, 0.3) is 0 Å². The average Bonchev–Trinajstić information content (AvgIpc) is 2.49. The molecule has 0 saturated heterocycles. The molecule has 2 aromatic rings. The Balaban J connectivity index is 2.21. The number of nitrogens with zero attached hydrogens (tertiary/aromatic N) is 2.